The van der Waals surface area contributed by atoms with Crippen molar-refractivity contribution in [3.63, 3.8) is 0 Å². The fourth-order valence-corrected chi connectivity index (χ4v) is 5.28. The lowest BCUT2D eigenvalue weighted by Gasteiger charge is -2.41. The lowest BCUT2D eigenvalue weighted by atomic mass is 9.64. The maximum atomic E-state index is 2.43. The Morgan fingerprint density at radius 2 is 1.83 bits per heavy atom. The van der Waals surface area contributed by atoms with E-state index < -0.39 is 0 Å². The zero-order valence-corrected chi connectivity index (χ0v) is 12.8. The summed E-state index contributed by atoms with van der Waals surface area (Å²) >= 11 is 0. The van der Waals surface area contributed by atoms with Gasteiger partial charge in [0, 0.05) is 0 Å². The highest BCUT2D eigenvalue weighted by Gasteiger charge is 2.84. The molecule has 0 nitrogen and oxygen atoms in total. The highest BCUT2D eigenvalue weighted by Crippen LogP contribution is 2.89. The molecule has 0 heteroatoms. The summed E-state index contributed by atoms with van der Waals surface area (Å²) in [6.45, 7) is 9.50. The molecule has 0 aromatic heterocycles. The smallest absolute Gasteiger partial charge is 0.0224 e. The van der Waals surface area contributed by atoms with Crippen molar-refractivity contribution in [1.29, 1.82) is 0 Å². The van der Waals surface area contributed by atoms with Crippen LogP contribution in [0.1, 0.15) is 72.6 Å². The summed E-state index contributed by atoms with van der Waals surface area (Å²) in [6.07, 6.45) is 9.96. The minimum Gasteiger partial charge on any atom is -0.0738 e. The first kappa shape index (κ1) is 12.8. The second kappa shape index (κ2) is 4.39. The van der Waals surface area contributed by atoms with Gasteiger partial charge in [0.1, 0.15) is 0 Å². The summed E-state index contributed by atoms with van der Waals surface area (Å²) in [7, 11) is 0. The topological polar surface area (TPSA) is 0 Å². The van der Waals surface area contributed by atoms with Crippen LogP contribution in [0.5, 0.6) is 0 Å². The molecule has 0 aliphatic heterocycles. The quantitative estimate of drug-likeness (QED) is 0.536. The Bertz CT molecular complexity index is 344. The highest BCUT2D eigenvalue weighted by atomic mass is 14.9. The van der Waals surface area contributed by atoms with Gasteiger partial charge < -0.3 is 0 Å². The Morgan fingerprint density at radius 1 is 1.17 bits per heavy atom. The molecule has 0 aromatic carbocycles. The molecular formula is C18H30. The van der Waals surface area contributed by atoms with Crippen molar-refractivity contribution in [2.45, 2.75) is 72.6 Å². The lowest BCUT2D eigenvalue weighted by molar-refractivity contribution is 0.0935. The van der Waals surface area contributed by atoms with E-state index in [-0.39, 0.29) is 0 Å². The third-order valence-corrected chi connectivity index (χ3v) is 6.25. The van der Waals surface area contributed by atoms with Crippen LogP contribution in [0.15, 0.2) is 11.1 Å². The largest absolute Gasteiger partial charge is 0.0738 e. The molecule has 0 N–H and O–H groups in total. The SMILES string of the molecule is CCCCC(CC)=C(C)CC1C2C1C21CC(C)C1. The standard InChI is InChI=1S/C18H30/c1-5-7-8-14(6-2)13(4)9-15-16-17(15)18(16)10-12(3)11-18/h12,15-17H,5-11H2,1-4H3. The van der Waals surface area contributed by atoms with Gasteiger partial charge in [-0.3, -0.25) is 0 Å². The fourth-order valence-electron chi connectivity index (χ4n) is 5.28. The zero-order valence-electron chi connectivity index (χ0n) is 12.8. The summed E-state index contributed by atoms with van der Waals surface area (Å²) in [5.74, 6) is 4.51. The summed E-state index contributed by atoms with van der Waals surface area (Å²) in [4.78, 5) is 0. The predicted molar refractivity (Wildman–Crippen MR) is 78.4 cm³/mol. The molecule has 0 radical (unpaired) electrons. The van der Waals surface area contributed by atoms with Crippen LogP contribution in [0.3, 0.4) is 0 Å². The van der Waals surface area contributed by atoms with Crippen molar-refractivity contribution in [3.8, 4) is 0 Å². The van der Waals surface area contributed by atoms with Crippen LogP contribution < -0.4 is 0 Å². The van der Waals surface area contributed by atoms with Crippen molar-refractivity contribution in [1.82, 2.24) is 0 Å². The monoisotopic (exact) mass is 246 g/mol. The van der Waals surface area contributed by atoms with E-state index >= 15 is 0 Å². The molecule has 102 valence electrons. The minimum atomic E-state index is 0.917. The molecule has 0 amide bonds. The molecule has 0 aromatic rings. The van der Waals surface area contributed by atoms with E-state index in [0.29, 0.717) is 0 Å². The van der Waals surface area contributed by atoms with E-state index in [9.17, 15) is 0 Å². The Morgan fingerprint density at radius 3 is 2.33 bits per heavy atom. The molecule has 2 unspecified atom stereocenters. The second-order valence-corrected chi connectivity index (χ2v) is 7.51. The minimum absolute atomic E-state index is 0.917. The summed E-state index contributed by atoms with van der Waals surface area (Å²) in [6, 6.07) is 0. The first-order chi connectivity index (χ1) is 8.64. The fraction of sp³-hybridized carbons (Fsp3) is 0.889. The third-order valence-electron chi connectivity index (χ3n) is 6.25. The van der Waals surface area contributed by atoms with E-state index in [0.717, 1.165) is 17.3 Å². The summed E-state index contributed by atoms with van der Waals surface area (Å²) in [5.41, 5.74) is 4.45. The number of hydrogen-bond donors (Lipinski definition) is 0. The van der Waals surface area contributed by atoms with Gasteiger partial charge in [-0.05, 0) is 74.5 Å². The molecule has 2 atom stereocenters. The molecule has 0 saturated heterocycles. The van der Waals surface area contributed by atoms with Crippen molar-refractivity contribution < 1.29 is 0 Å². The summed E-state index contributed by atoms with van der Waals surface area (Å²) < 4.78 is 0. The Hall–Kier alpha value is -0.260. The summed E-state index contributed by atoms with van der Waals surface area (Å²) in [5, 5.41) is 0. The Kier molecular flexibility index (Phi) is 3.11. The van der Waals surface area contributed by atoms with Gasteiger partial charge in [0.05, 0.1) is 0 Å². The first-order valence-electron chi connectivity index (χ1n) is 8.31. The van der Waals surface area contributed by atoms with E-state index in [4.69, 9.17) is 0 Å². The number of rotatable bonds is 6. The third kappa shape index (κ3) is 1.79. The van der Waals surface area contributed by atoms with Gasteiger partial charge in [0.25, 0.3) is 0 Å². The van der Waals surface area contributed by atoms with Gasteiger partial charge in [-0.2, -0.15) is 0 Å². The molecule has 3 aliphatic rings. The van der Waals surface area contributed by atoms with Crippen molar-refractivity contribution >= 4 is 0 Å². The lowest BCUT2D eigenvalue weighted by Crippen LogP contribution is -2.32. The number of hydrogen-bond acceptors (Lipinski definition) is 0. The second-order valence-electron chi connectivity index (χ2n) is 7.51. The zero-order chi connectivity index (χ0) is 12.9. The van der Waals surface area contributed by atoms with Gasteiger partial charge >= 0.3 is 0 Å². The molecular weight excluding hydrogens is 216 g/mol. The highest BCUT2D eigenvalue weighted by molar-refractivity contribution is 5.34. The Balaban J connectivity index is 1.48. The molecule has 3 saturated carbocycles. The molecule has 0 bridgehead atoms. The van der Waals surface area contributed by atoms with Crippen molar-refractivity contribution in [2.24, 2.45) is 29.1 Å². The van der Waals surface area contributed by atoms with E-state index in [1.54, 1.807) is 24.0 Å². The van der Waals surface area contributed by atoms with Crippen LogP contribution >= 0.6 is 0 Å². The molecule has 0 heterocycles. The van der Waals surface area contributed by atoms with Gasteiger partial charge in [-0.25, -0.2) is 0 Å². The average Bonchev–Trinajstić information content (AvgIpc) is 3.17. The van der Waals surface area contributed by atoms with Crippen LogP contribution in [0.4, 0.5) is 0 Å². The number of fused-ring (bicyclic) bond motifs is 3. The maximum Gasteiger partial charge on any atom is -0.0224 e. The van der Waals surface area contributed by atoms with Crippen LogP contribution in [0.25, 0.3) is 0 Å². The van der Waals surface area contributed by atoms with E-state index in [1.807, 2.05) is 0 Å². The molecule has 3 fully saturated rings. The Labute approximate surface area is 113 Å². The van der Waals surface area contributed by atoms with Crippen LogP contribution in [-0.4, -0.2) is 0 Å². The molecule has 18 heavy (non-hydrogen) atoms. The van der Waals surface area contributed by atoms with Crippen LogP contribution in [-0.2, 0) is 0 Å². The average molecular weight is 246 g/mol. The van der Waals surface area contributed by atoms with E-state index in [1.165, 1.54) is 43.9 Å². The van der Waals surface area contributed by atoms with Crippen molar-refractivity contribution in [2.75, 3.05) is 0 Å². The van der Waals surface area contributed by atoms with Gasteiger partial charge in [0.2, 0.25) is 0 Å². The molecule has 3 aliphatic carbocycles. The van der Waals surface area contributed by atoms with E-state index in [2.05, 4.69) is 27.7 Å². The number of unbranched alkanes of at least 4 members (excludes halogenated alkanes) is 1. The van der Waals surface area contributed by atoms with Crippen LogP contribution in [0.2, 0.25) is 0 Å². The van der Waals surface area contributed by atoms with Gasteiger partial charge in [-0.1, -0.05) is 38.3 Å². The predicted octanol–water partition coefficient (Wildman–Crippen LogP) is 5.59. The number of allylic oxidation sites excluding steroid dienone is 2. The molecule has 3 rings (SSSR count). The normalized spacial score (nSPS) is 45.3. The van der Waals surface area contributed by atoms with Crippen LogP contribution in [0, 0.1) is 29.1 Å². The maximum absolute atomic E-state index is 2.43. The first-order valence-corrected chi connectivity index (χ1v) is 8.31. The van der Waals surface area contributed by atoms with Gasteiger partial charge in [-0.15, -0.1) is 0 Å². The van der Waals surface area contributed by atoms with Gasteiger partial charge in [0.15, 0.2) is 0 Å². The molecule has 1 spiro atoms. The van der Waals surface area contributed by atoms with Crippen molar-refractivity contribution in [3.05, 3.63) is 11.1 Å².